The number of ether oxygens (including phenoxy) is 3. The maximum Gasteiger partial charge on any atom is 0.306 e. The third-order valence-electron chi connectivity index (χ3n) is 12.6. The van der Waals surface area contributed by atoms with Crippen LogP contribution in [0.5, 0.6) is 0 Å². The molecule has 0 aliphatic carbocycles. The van der Waals surface area contributed by atoms with E-state index in [0.717, 1.165) is 83.5 Å². The first-order valence-electron chi connectivity index (χ1n) is 28.6. The van der Waals surface area contributed by atoms with Crippen molar-refractivity contribution >= 4 is 17.9 Å². The van der Waals surface area contributed by atoms with Crippen molar-refractivity contribution in [1.82, 2.24) is 0 Å². The van der Waals surface area contributed by atoms with E-state index in [1.165, 1.54) is 173 Å². The second-order valence-electron chi connectivity index (χ2n) is 19.2. The highest BCUT2D eigenvalue weighted by molar-refractivity contribution is 5.71. The molecule has 0 saturated heterocycles. The van der Waals surface area contributed by atoms with Crippen LogP contribution in [0.1, 0.15) is 297 Å². The van der Waals surface area contributed by atoms with Crippen molar-refractivity contribution in [3.05, 3.63) is 48.6 Å². The van der Waals surface area contributed by atoms with E-state index in [-0.39, 0.29) is 31.1 Å². The Morgan fingerprint density at radius 2 is 0.591 bits per heavy atom. The van der Waals surface area contributed by atoms with Gasteiger partial charge in [-0.25, -0.2) is 0 Å². The van der Waals surface area contributed by atoms with Crippen molar-refractivity contribution in [2.24, 2.45) is 0 Å². The number of allylic oxidation sites excluding steroid dienone is 8. The van der Waals surface area contributed by atoms with Gasteiger partial charge in [0, 0.05) is 19.3 Å². The highest BCUT2D eigenvalue weighted by Crippen LogP contribution is 2.17. The van der Waals surface area contributed by atoms with Gasteiger partial charge in [-0.15, -0.1) is 0 Å². The van der Waals surface area contributed by atoms with Crippen molar-refractivity contribution in [2.45, 2.75) is 303 Å². The molecule has 0 N–H and O–H groups in total. The Morgan fingerprint density at radius 1 is 0.318 bits per heavy atom. The van der Waals surface area contributed by atoms with E-state index in [0.29, 0.717) is 19.3 Å². The number of hydrogen-bond donors (Lipinski definition) is 0. The van der Waals surface area contributed by atoms with Gasteiger partial charge in [0.1, 0.15) is 13.2 Å². The van der Waals surface area contributed by atoms with Crippen molar-refractivity contribution in [1.29, 1.82) is 0 Å². The summed E-state index contributed by atoms with van der Waals surface area (Å²) in [5.41, 5.74) is 0. The van der Waals surface area contributed by atoms with Gasteiger partial charge in [-0.2, -0.15) is 0 Å². The van der Waals surface area contributed by atoms with Crippen LogP contribution in [0.2, 0.25) is 0 Å². The van der Waals surface area contributed by atoms with E-state index in [1.54, 1.807) is 0 Å². The standard InChI is InChI=1S/C60H108O6/c1-4-7-10-13-16-18-20-22-23-24-25-26-27-28-29-30-31-32-33-34-35-36-37-38-40-41-44-47-50-53-59(62)65-56-57(55-64-58(61)52-49-46-43-15-12-9-6-3)66-60(63)54-51-48-45-42-39-21-19-17-14-11-8-5-2/h7,10,16,18,22-23,25-26,57H,4-6,8-9,11-15,17,19-21,24,27-56H2,1-3H3/b10-7-,18-16-,23-22-,26-25-. The van der Waals surface area contributed by atoms with Crippen LogP contribution in [0.3, 0.4) is 0 Å². The molecule has 66 heavy (non-hydrogen) atoms. The first-order valence-corrected chi connectivity index (χ1v) is 28.6. The van der Waals surface area contributed by atoms with Gasteiger partial charge in [0.25, 0.3) is 0 Å². The van der Waals surface area contributed by atoms with E-state index in [2.05, 4.69) is 69.4 Å². The van der Waals surface area contributed by atoms with Gasteiger partial charge in [-0.05, 0) is 57.8 Å². The van der Waals surface area contributed by atoms with Crippen LogP contribution in [-0.4, -0.2) is 37.2 Å². The topological polar surface area (TPSA) is 78.9 Å². The normalized spacial score (nSPS) is 12.3. The van der Waals surface area contributed by atoms with Crippen LogP contribution in [0.25, 0.3) is 0 Å². The first-order chi connectivity index (χ1) is 32.5. The molecular formula is C60H108O6. The number of unbranched alkanes of at least 4 members (excludes halogenated alkanes) is 33. The molecule has 0 aliphatic rings. The number of carbonyl (C=O) groups excluding carboxylic acids is 3. The molecule has 0 spiro atoms. The van der Waals surface area contributed by atoms with E-state index in [1.807, 2.05) is 0 Å². The Kier molecular flexibility index (Phi) is 52.8. The molecule has 0 rings (SSSR count). The van der Waals surface area contributed by atoms with Crippen LogP contribution < -0.4 is 0 Å². The minimum absolute atomic E-state index is 0.0680. The van der Waals surface area contributed by atoms with Gasteiger partial charge in [-0.1, -0.05) is 268 Å². The van der Waals surface area contributed by atoms with Gasteiger partial charge in [0.15, 0.2) is 6.10 Å². The summed E-state index contributed by atoms with van der Waals surface area (Å²) >= 11 is 0. The zero-order valence-electron chi connectivity index (χ0n) is 44.0. The van der Waals surface area contributed by atoms with Gasteiger partial charge in [0.2, 0.25) is 0 Å². The molecule has 0 saturated carbocycles. The molecule has 0 radical (unpaired) electrons. The summed E-state index contributed by atoms with van der Waals surface area (Å²) in [4.78, 5) is 37.8. The summed E-state index contributed by atoms with van der Waals surface area (Å²) in [5.74, 6) is -0.862. The quantitative estimate of drug-likeness (QED) is 0.0262. The lowest BCUT2D eigenvalue weighted by Crippen LogP contribution is -2.30. The molecule has 0 aromatic heterocycles. The molecule has 0 aliphatic heterocycles. The predicted molar refractivity (Wildman–Crippen MR) is 284 cm³/mol. The SMILES string of the molecule is CC/C=C\C/C=C\C/C=C\C/C=C\CCCCCCCCCCCCCCCCCCC(=O)OCC(COC(=O)CCCCCCCCC)OC(=O)CCCCCCCCCCCCCC. The van der Waals surface area contributed by atoms with Gasteiger partial charge in [0.05, 0.1) is 0 Å². The van der Waals surface area contributed by atoms with E-state index in [4.69, 9.17) is 14.2 Å². The minimum atomic E-state index is -0.764. The number of esters is 3. The minimum Gasteiger partial charge on any atom is -0.462 e. The smallest absolute Gasteiger partial charge is 0.306 e. The predicted octanol–water partition coefficient (Wildman–Crippen LogP) is 19.0. The fourth-order valence-electron chi connectivity index (χ4n) is 8.32. The zero-order valence-corrected chi connectivity index (χ0v) is 44.0. The monoisotopic (exact) mass is 925 g/mol. The van der Waals surface area contributed by atoms with Gasteiger partial charge < -0.3 is 14.2 Å². The summed E-state index contributed by atoms with van der Waals surface area (Å²) in [7, 11) is 0. The van der Waals surface area contributed by atoms with E-state index < -0.39 is 6.10 Å². The zero-order chi connectivity index (χ0) is 47.9. The molecule has 384 valence electrons. The first kappa shape index (κ1) is 63.4. The Hall–Kier alpha value is -2.63. The van der Waals surface area contributed by atoms with Gasteiger partial charge in [-0.3, -0.25) is 14.4 Å². The van der Waals surface area contributed by atoms with Gasteiger partial charge >= 0.3 is 17.9 Å². The molecule has 6 nitrogen and oxygen atoms in total. The lowest BCUT2D eigenvalue weighted by atomic mass is 10.0. The largest absolute Gasteiger partial charge is 0.462 e. The van der Waals surface area contributed by atoms with Crippen LogP contribution in [0.15, 0.2) is 48.6 Å². The molecule has 1 unspecified atom stereocenters. The average molecular weight is 926 g/mol. The highest BCUT2D eigenvalue weighted by atomic mass is 16.6. The Morgan fingerprint density at radius 3 is 0.924 bits per heavy atom. The summed E-state index contributed by atoms with van der Waals surface area (Å²) in [6.45, 7) is 6.51. The van der Waals surface area contributed by atoms with Crippen LogP contribution in [-0.2, 0) is 28.6 Å². The molecular weight excluding hydrogens is 817 g/mol. The molecule has 0 amide bonds. The van der Waals surface area contributed by atoms with Crippen molar-refractivity contribution < 1.29 is 28.6 Å². The van der Waals surface area contributed by atoms with Crippen LogP contribution in [0, 0.1) is 0 Å². The van der Waals surface area contributed by atoms with Crippen molar-refractivity contribution in [3.63, 3.8) is 0 Å². The maximum atomic E-state index is 12.7. The van der Waals surface area contributed by atoms with Crippen molar-refractivity contribution in [3.8, 4) is 0 Å². The van der Waals surface area contributed by atoms with E-state index >= 15 is 0 Å². The Bertz CT molecular complexity index is 1150. The van der Waals surface area contributed by atoms with Crippen LogP contribution >= 0.6 is 0 Å². The highest BCUT2D eigenvalue weighted by Gasteiger charge is 2.19. The molecule has 6 heteroatoms. The lowest BCUT2D eigenvalue weighted by molar-refractivity contribution is -0.167. The third kappa shape index (κ3) is 52.3. The fourth-order valence-corrected chi connectivity index (χ4v) is 8.32. The number of carbonyl (C=O) groups is 3. The number of hydrogen-bond acceptors (Lipinski definition) is 6. The summed E-state index contributed by atoms with van der Waals surface area (Å²) in [5, 5.41) is 0. The average Bonchev–Trinajstić information content (AvgIpc) is 3.31. The molecule has 0 bridgehead atoms. The maximum absolute atomic E-state index is 12.7. The molecule has 0 heterocycles. The molecule has 0 fully saturated rings. The van der Waals surface area contributed by atoms with Crippen molar-refractivity contribution in [2.75, 3.05) is 13.2 Å². The Balaban J connectivity index is 4.01. The third-order valence-corrected chi connectivity index (χ3v) is 12.6. The Labute approximate surface area is 409 Å². The van der Waals surface area contributed by atoms with Crippen LogP contribution in [0.4, 0.5) is 0 Å². The second-order valence-corrected chi connectivity index (χ2v) is 19.2. The second kappa shape index (κ2) is 55.0. The fraction of sp³-hybridized carbons (Fsp3) is 0.817. The number of rotatable bonds is 52. The summed E-state index contributed by atoms with van der Waals surface area (Å²) < 4.78 is 16.8. The molecule has 0 aromatic carbocycles. The molecule has 0 aromatic rings. The van der Waals surface area contributed by atoms with E-state index in [9.17, 15) is 14.4 Å². The molecule has 1 atom stereocenters. The lowest BCUT2D eigenvalue weighted by Gasteiger charge is -2.18. The summed E-state index contributed by atoms with van der Waals surface area (Å²) in [6.07, 6.45) is 67.1. The summed E-state index contributed by atoms with van der Waals surface area (Å²) in [6, 6.07) is 0.